The average Bonchev–Trinajstić information content (AvgIpc) is 3.15. The first-order valence-corrected chi connectivity index (χ1v) is 9.56. The van der Waals surface area contributed by atoms with Gasteiger partial charge in [0.25, 0.3) is 0 Å². The van der Waals surface area contributed by atoms with Crippen LogP contribution in [-0.4, -0.2) is 20.8 Å². The molecule has 1 aliphatic rings. The molecule has 0 fully saturated rings. The molecule has 0 radical (unpaired) electrons. The van der Waals surface area contributed by atoms with E-state index in [0.717, 1.165) is 37.5 Å². The molecule has 1 atom stereocenters. The standard InChI is InChI=1S/C21H23N5O2/c1-2-19-24-20-17(12-8-14-26(20)25-19)23-21(27)22-16-11-6-7-13-18(16)28-15-9-4-3-5-10-15/h3-7,9-11,13,17H,2,8,12,14H2,1H3,(H2,22,23,27). The van der Waals surface area contributed by atoms with Crippen LogP contribution in [0.2, 0.25) is 0 Å². The van der Waals surface area contributed by atoms with Gasteiger partial charge in [0.05, 0.1) is 11.7 Å². The first-order chi connectivity index (χ1) is 13.7. The number of fused-ring (bicyclic) bond motifs is 1. The van der Waals surface area contributed by atoms with Gasteiger partial charge in [0.2, 0.25) is 0 Å². The summed E-state index contributed by atoms with van der Waals surface area (Å²) in [5.41, 5.74) is 0.607. The zero-order valence-corrected chi connectivity index (χ0v) is 15.8. The van der Waals surface area contributed by atoms with Crippen LogP contribution in [0.15, 0.2) is 54.6 Å². The highest BCUT2D eigenvalue weighted by atomic mass is 16.5. The minimum absolute atomic E-state index is 0.149. The zero-order chi connectivity index (χ0) is 19.3. The van der Waals surface area contributed by atoms with Gasteiger partial charge in [-0.2, -0.15) is 5.10 Å². The van der Waals surface area contributed by atoms with Crippen LogP contribution in [0.4, 0.5) is 10.5 Å². The fraction of sp³-hybridized carbons (Fsp3) is 0.286. The Morgan fingerprint density at radius 3 is 2.79 bits per heavy atom. The van der Waals surface area contributed by atoms with E-state index in [1.54, 1.807) is 0 Å². The van der Waals surface area contributed by atoms with Crippen molar-refractivity contribution in [3.63, 3.8) is 0 Å². The maximum atomic E-state index is 12.6. The Hall–Kier alpha value is -3.35. The number of nitrogens with one attached hydrogen (secondary N) is 2. The second-order valence-corrected chi connectivity index (χ2v) is 6.67. The lowest BCUT2D eigenvalue weighted by Gasteiger charge is -2.23. The summed E-state index contributed by atoms with van der Waals surface area (Å²) < 4.78 is 7.81. The Balaban J connectivity index is 1.46. The van der Waals surface area contributed by atoms with Crippen molar-refractivity contribution in [1.29, 1.82) is 0 Å². The summed E-state index contributed by atoms with van der Waals surface area (Å²) in [6, 6.07) is 16.4. The first-order valence-electron chi connectivity index (χ1n) is 9.56. The highest BCUT2D eigenvalue weighted by molar-refractivity contribution is 5.91. The molecule has 2 aromatic carbocycles. The second kappa shape index (κ2) is 8.12. The number of carbonyl (C=O) groups is 1. The predicted molar refractivity (Wildman–Crippen MR) is 106 cm³/mol. The quantitative estimate of drug-likeness (QED) is 0.695. The van der Waals surface area contributed by atoms with E-state index < -0.39 is 0 Å². The highest BCUT2D eigenvalue weighted by Gasteiger charge is 2.25. The van der Waals surface area contributed by atoms with Crippen molar-refractivity contribution < 1.29 is 9.53 Å². The van der Waals surface area contributed by atoms with Crippen molar-refractivity contribution >= 4 is 11.7 Å². The van der Waals surface area contributed by atoms with Crippen LogP contribution in [0.3, 0.4) is 0 Å². The molecule has 0 spiro atoms. The Bertz CT molecular complexity index is 954. The van der Waals surface area contributed by atoms with Crippen LogP contribution in [0.5, 0.6) is 11.5 Å². The minimum atomic E-state index is -0.288. The smallest absolute Gasteiger partial charge is 0.319 e. The Kier molecular flexibility index (Phi) is 5.23. The molecule has 1 unspecified atom stereocenters. The number of carbonyl (C=O) groups excluding carboxylic acids is 1. The third-order valence-corrected chi connectivity index (χ3v) is 4.65. The Morgan fingerprint density at radius 1 is 1.18 bits per heavy atom. The zero-order valence-electron chi connectivity index (χ0n) is 15.8. The number of benzene rings is 2. The summed E-state index contributed by atoms with van der Waals surface area (Å²) in [4.78, 5) is 17.2. The summed E-state index contributed by atoms with van der Waals surface area (Å²) in [5, 5.41) is 10.4. The van der Waals surface area contributed by atoms with Crippen LogP contribution < -0.4 is 15.4 Å². The SMILES string of the molecule is CCc1nc2n(n1)CCCC2NC(=O)Nc1ccccc1Oc1ccccc1. The van der Waals surface area contributed by atoms with E-state index in [4.69, 9.17) is 4.74 Å². The lowest BCUT2D eigenvalue weighted by Crippen LogP contribution is -2.36. The van der Waals surface area contributed by atoms with E-state index in [-0.39, 0.29) is 12.1 Å². The van der Waals surface area contributed by atoms with Gasteiger partial charge in [0.15, 0.2) is 11.6 Å². The number of para-hydroxylation sites is 3. The topological polar surface area (TPSA) is 81.1 Å². The third-order valence-electron chi connectivity index (χ3n) is 4.65. The van der Waals surface area contributed by atoms with Crippen molar-refractivity contribution in [3.05, 3.63) is 66.2 Å². The van der Waals surface area contributed by atoms with Crippen molar-refractivity contribution in [1.82, 2.24) is 20.1 Å². The number of urea groups is 1. The molecule has 144 valence electrons. The summed E-state index contributed by atoms with van der Waals surface area (Å²) in [7, 11) is 0. The van der Waals surface area contributed by atoms with E-state index in [9.17, 15) is 4.79 Å². The highest BCUT2D eigenvalue weighted by Crippen LogP contribution is 2.29. The van der Waals surface area contributed by atoms with Gasteiger partial charge >= 0.3 is 6.03 Å². The number of aromatic nitrogens is 3. The molecule has 3 aromatic rings. The van der Waals surface area contributed by atoms with Crippen molar-refractivity contribution in [2.24, 2.45) is 0 Å². The van der Waals surface area contributed by atoms with Crippen LogP contribution >= 0.6 is 0 Å². The molecule has 1 aromatic heterocycles. The fourth-order valence-electron chi connectivity index (χ4n) is 3.28. The number of anilines is 1. The summed E-state index contributed by atoms with van der Waals surface area (Å²) >= 11 is 0. The van der Waals surface area contributed by atoms with Gasteiger partial charge in [0, 0.05) is 13.0 Å². The summed E-state index contributed by atoms with van der Waals surface area (Å²) in [5.74, 6) is 2.94. The molecule has 28 heavy (non-hydrogen) atoms. The molecular weight excluding hydrogens is 354 g/mol. The molecule has 0 saturated heterocycles. The van der Waals surface area contributed by atoms with E-state index in [2.05, 4.69) is 20.7 Å². The van der Waals surface area contributed by atoms with Crippen molar-refractivity contribution in [3.8, 4) is 11.5 Å². The van der Waals surface area contributed by atoms with E-state index in [1.807, 2.05) is 66.2 Å². The van der Waals surface area contributed by atoms with Gasteiger partial charge in [-0.15, -0.1) is 0 Å². The average molecular weight is 377 g/mol. The number of hydrogen-bond acceptors (Lipinski definition) is 4. The lowest BCUT2D eigenvalue weighted by atomic mass is 10.1. The molecule has 0 saturated carbocycles. The number of ether oxygens (including phenoxy) is 1. The Morgan fingerprint density at radius 2 is 1.96 bits per heavy atom. The molecule has 7 nitrogen and oxygen atoms in total. The van der Waals surface area contributed by atoms with Crippen molar-refractivity contribution in [2.75, 3.05) is 5.32 Å². The van der Waals surface area contributed by atoms with E-state index in [0.29, 0.717) is 17.2 Å². The second-order valence-electron chi connectivity index (χ2n) is 6.67. The number of amides is 2. The Labute approximate surface area is 163 Å². The van der Waals surface area contributed by atoms with Gasteiger partial charge in [-0.1, -0.05) is 37.3 Å². The van der Waals surface area contributed by atoms with Crippen LogP contribution in [0.1, 0.15) is 37.5 Å². The minimum Gasteiger partial charge on any atom is -0.455 e. The van der Waals surface area contributed by atoms with Crippen molar-refractivity contribution in [2.45, 2.75) is 38.8 Å². The molecule has 0 aliphatic carbocycles. The van der Waals surface area contributed by atoms with Gasteiger partial charge in [-0.05, 0) is 37.1 Å². The molecule has 2 N–H and O–H groups in total. The molecule has 0 bridgehead atoms. The first kappa shape index (κ1) is 18.0. The number of rotatable bonds is 5. The van der Waals surface area contributed by atoms with Crippen LogP contribution in [0.25, 0.3) is 0 Å². The number of nitrogens with zero attached hydrogens (tertiary/aromatic N) is 3. The van der Waals surface area contributed by atoms with Crippen LogP contribution in [-0.2, 0) is 13.0 Å². The normalized spacial score (nSPS) is 15.5. The fourth-order valence-corrected chi connectivity index (χ4v) is 3.28. The molecular formula is C21H23N5O2. The van der Waals surface area contributed by atoms with Gasteiger partial charge < -0.3 is 15.4 Å². The van der Waals surface area contributed by atoms with Gasteiger partial charge in [-0.3, -0.25) is 0 Å². The third kappa shape index (κ3) is 3.98. The molecule has 4 rings (SSSR count). The maximum absolute atomic E-state index is 12.6. The number of hydrogen-bond donors (Lipinski definition) is 2. The molecule has 2 amide bonds. The van der Waals surface area contributed by atoms with E-state index in [1.165, 1.54) is 0 Å². The monoisotopic (exact) mass is 377 g/mol. The largest absolute Gasteiger partial charge is 0.455 e. The molecule has 2 heterocycles. The van der Waals surface area contributed by atoms with Gasteiger partial charge in [-0.25, -0.2) is 14.5 Å². The molecule has 7 heteroatoms. The number of aryl methyl sites for hydroxylation is 2. The van der Waals surface area contributed by atoms with Gasteiger partial charge in [0.1, 0.15) is 11.6 Å². The summed E-state index contributed by atoms with van der Waals surface area (Å²) in [6.45, 7) is 2.87. The predicted octanol–water partition coefficient (Wildman–Crippen LogP) is 4.29. The molecule has 1 aliphatic heterocycles. The lowest BCUT2D eigenvalue weighted by molar-refractivity contribution is 0.244. The maximum Gasteiger partial charge on any atom is 0.319 e. The summed E-state index contributed by atoms with van der Waals surface area (Å²) in [6.07, 6.45) is 2.58. The van der Waals surface area contributed by atoms with Crippen LogP contribution in [0, 0.1) is 0 Å². The van der Waals surface area contributed by atoms with E-state index >= 15 is 0 Å².